The molecule has 6 unspecified atom stereocenters. The summed E-state index contributed by atoms with van der Waals surface area (Å²) in [6.07, 6.45) is 13.1. The first-order valence-corrected chi connectivity index (χ1v) is 7.90. The maximum atomic E-state index is 9.97. The van der Waals surface area contributed by atoms with Crippen molar-refractivity contribution < 1.29 is 5.11 Å². The van der Waals surface area contributed by atoms with Crippen LogP contribution in [-0.2, 0) is 0 Å². The third kappa shape index (κ3) is 1.54. The van der Waals surface area contributed by atoms with Crippen LogP contribution in [0.5, 0.6) is 0 Å². The molecule has 4 saturated carbocycles. The van der Waals surface area contributed by atoms with Gasteiger partial charge in [-0.2, -0.15) is 0 Å². The van der Waals surface area contributed by atoms with E-state index in [1.54, 1.807) is 0 Å². The summed E-state index contributed by atoms with van der Waals surface area (Å²) in [4.78, 5) is 0. The van der Waals surface area contributed by atoms with Crippen molar-refractivity contribution in [2.45, 2.75) is 57.8 Å². The van der Waals surface area contributed by atoms with Crippen molar-refractivity contribution in [2.24, 2.45) is 35.0 Å². The molecule has 96 valence electrons. The molecule has 0 aromatic carbocycles. The zero-order chi connectivity index (χ0) is 11.5. The fourth-order valence-electron chi connectivity index (χ4n) is 6.21. The average Bonchev–Trinajstić information content (AvgIpc) is 3.08. The maximum Gasteiger partial charge on any atom is 0.0490 e. The molecule has 0 heterocycles. The Bertz CT molecular complexity index is 313. The van der Waals surface area contributed by atoms with Crippen LogP contribution >= 0.6 is 0 Å². The van der Waals surface area contributed by atoms with Crippen LogP contribution in [0, 0.1) is 35.0 Å². The topological polar surface area (TPSA) is 20.2 Å². The molecule has 4 aliphatic carbocycles. The molecule has 4 aliphatic rings. The summed E-state index contributed by atoms with van der Waals surface area (Å²) in [5.74, 6) is 4.96. The summed E-state index contributed by atoms with van der Waals surface area (Å²) in [5, 5.41) is 9.97. The second-order valence-corrected chi connectivity index (χ2v) is 7.74. The molecule has 1 heteroatoms. The Kier molecular flexibility index (Phi) is 2.38. The SMILES string of the molecule is OCC1(CC2CC3CCC2C3)CC2CCC1C2. The number of fused-ring (bicyclic) bond motifs is 4. The van der Waals surface area contributed by atoms with Crippen molar-refractivity contribution in [3.8, 4) is 0 Å². The van der Waals surface area contributed by atoms with E-state index in [-0.39, 0.29) is 0 Å². The van der Waals surface area contributed by atoms with Crippen molar-refractivity contribution in [1.82, 2.24) is 0 Å². The lowest BCUT2D eigenvalue weighted by Gasteiger charge is -2.40. The van der Waals surface area contributed by atoms with E-state index in [9.17, 15) is 5.11 Å². The Balaban J connectivity index is 1.50. The highest BCUT2D eigenvalue weighted by Crippen LogP contribution is 2.61. The Morgan fingerprint density at radius 3 is 2.35 bits per heavy atom. The van der Waals surface area contributed by atoms with Crippen LogP contribution in [0.15, 0.2) is 0 Å². The van der Waals surface area contributed by atoms with E-state index in [0.717, 1.165) is 29.6 Å². The van der Waals surface area contributed by atoms with Gasteiger partial charge in [-0.1, -0.05) is 12.8 Å². The minimum absolute atomic E-state index is 0.373. The van der Waals surface area contributed by atoms with Gasteiger partial charge in [0.15, 0.2) is 0 Å². The Hall–Kier alpha value is -0.0400. The van der Waals surface area contributed by atoms with Gasteiger partial charge in [-0.25, -0.2) is 0 Å². The van der Waals surface area contributed by atoms with E-state index in [4.69, 9.17) is 0 Å². The van der Waals surface area contributed by atoms with Gasteiger partial charge in [0.05, 0.1) is 0 Å². The molecule has 4 fully saturated rings. The van der Waals surface area contributed by atoms with E-state index in [1.165, 1.54) is 57.8 Å². The molecule has 1 N–H and O–H groups in total. The van der Waals surface area contributed by atoms with Crippen LogP contribution in [0.1, 0.15) is 57.8 Å². The number of aliphatic hydroxyl groups is 1. The van der Waals surface area contributed by atoms with Crippen LogP contribution in [0.3, 0.4) is 0 Å². The highest BCUT2D eigenvalue weighted by molar-refractivity contribution is 5.03. The molecular weight excluding hydrogens is 208 g/mol. The minimum atomic E-state index is 0.373. The third-order valence-corrected chi connectivity index (χ3v) is 6.97. The molecule has 0 aromatic heterocycles. The van der Waals surface area contributed by atoms with Crippen molar-refractivity contribution >= 4 is 0 Å². The van der Waals surface area contributed by atoms with Crippen molar-refractivity contribution in [3.05, 3.63) is 0 Å². The summed E-state index contributed by atoms with van der Waals surface area (Å²) in [6.45, 7) is 0.488. The smallest absolute Gasteiger partial charge is 0.0490 e. The molecule has 0 amide bonds. The molecule has 0 radical (unpaired) electrons. The maximum absolute atomic E-state index is 9.97. The largest absolute Gasteiger partial charge is 0.396 e. The van der Waals surface area contributed by atoms with Gasteiger partial charge in [0.1, 0.15) is 0 Å². The summed E-state index contributed by atoms with van der Waals surface area (Å²) in [6, 6.07) is 0. The molecule has 17 heavy (non-hydrogen) atoms. The highest BCUT2D eigenvalue weighted by atomic mass is 16.3. The highest BCUT2D eigenvalue weighted by Gasteiger charge is 2.53. The molecule has 1 nitrogen and oxygen atoms in total. The Labute approximate surface area is 105 Å². The fraction of sp³-hybridized carbons (Fsp3) is 1.00. The molecule has 4 rings (SSSR count). The third-order valence-electron chi connectivity index (χ3n) is 6.97. The van der Waals surface area contributed by atoms with Gasteiger partial charge < -0.3 is 5.11 Å². The van der Waals surface area contributed by atoms with Gasteiger partial charge in [-0.15, -0.1) is 0 Å². The predicted molar refractivity (Wildman–Crippen MR) is 68.5 cm³/mol. The van der Waals surface area contributed by atoms with E-state index in [1.807, 2.05) is 0 Å². The van der Waals surface area contributed by atoms with Crippen LogP contribution in [-0.4, -0.2) is 11.7 Å². The van der Waals surface area contributed by atoms with Crippen LogP contribution in [0.2, 0.25) is 0 Å². The molecule has 0 saturated heterocycles. The number of hydrogen-bond donors (Lipinski definition) is 1. The van der Waals surface area contributed by atoms with Crippen LogP contribution in [0.25, 0.3) is 0 Å². The zero-order valence-electron chi connectivity index (χ0n) is 10.9. The first-order valence-electron chi connectivity index (χ1n) is 7.90. The minimum Gasteiger partial charge on any atom is -0.396 e. The molecule has 0 spiro atoms. The molecular formula is C16H26O. The van der Waals surface area contributed by atoms with Gasteiger partial charge >= 0.3 is 0 Å². The van der Waals surface area contributed by atoms with Crippen molar-refractivity contribution in [2.75, 3.05) is 6.61 Å². The standard InChI is InChI=1S/C16H26O/c17-10-16(8-12-2-4-15(16)7-12)9-14-6-11-1-3-13(14)5-11/h11-15,17H,1-10H2. The monoisotopic (exact) mass is 234 g/mol. The summed E-state index contributed by atoms with van der Waals surface area (Å²) < 4.78 is 0. The van der Waals surface area contributed by atoms with Crippen molar-refractivity contribution in [1.29, 1.82) is 0 Å². The molecule has 4 bridgehead atoms. The van der Waals surface area contributed by atoms with Gasteiger partial charge in [0.25, 0.3) is 0 Å². The van der Waals surface area contributed by atoms with Crippen LogP contribution < -0.4 is 0 Å². The zero-order valence-corrected chi connectivity index (χ0v) is 10.9. The number of hydrogen-bond acceptors (Lipinski definition) is 1. The lowest BCUT2D eigenvalue weighted by molar-refractivity contribution is 0.0304. The number of aliphatic hydroxyl groups excluding tert-OH is 1. The Morgan fingerprint density at radius 1 is 0.941 bits per heavy atom. The van der Waals surface area contributed by atoms with Gasteiger partial charge in [-0.05, 0) is 80.0 Å². The van der Waals surface area contributed by atoms with Gasteiger partial charge in [-0.3, -0.25) is 0 Å². The lowest BCUT2D eigenvalue weighted by atomic mass is 9.66. The summed E-state index contributed by atoms with van der Waals surface area (Å²) >= 11 is 0. The quantitative estimate of drug-likeness (QED) is 0.791. The normalized spacial score (nSPS) is 55.9. The fourth-order valence-corrected chi connectivity index (χ4v) is 6.21. The summed E-state index contributed by atoms with van der Waals surface area (Å²) in [7, 11) is 0. The van der Waals surface area contributed by atoms with E-state index >= 15 is 0 Å². The average molecular weight is 234 g/mol. The first kappa shape index (κ1) is 10.8. The van der Waals surface area contributed by atoms with Gasteiger partial charge in [0.2, 0.25) is 0 Å². The summed E-state index contributed by atoms with van der Waals surface area (Å²) in [5.41, 5.74) is 0.373. The Morgan fingerprint density at radius 2 is 1.82 bits per heavy atom. The second-order valence-electron chi connectivity index (χ2n) is 7.74. The molecule has 0 aromatic rings. The molecule has 0 aliphatic heterocycles. The van der Waals surface area contributed by atoms with E-state index in [2.05, 4.69) is 0 Å². The predicted octanol–water partition coefficient (Wildman–Crippen LogP) is 3.61. The van der Waals surface area contributed by atoms with Crippen molar-refractivity contribution in [3.63, 3.8) is 0 Å². The van der Waals surface area contributed by atoms with Gasteiger partial charge in [0, 0.05) is 6.61 Å². The van der Waals surface area contributed by atoms with E-state index < -0.39 is 0 Å². The molecule has 6 atom stereocenters. The van der Waals surface area contributed by atoms with E-state index in [0.29, 0.717) is 12.0 Å². The lowest BCUT2D eigenvalue weighted by Crippen LogP contribution is -2.35. The van der Waals surface area contributed by atoms with Crippen LogP contribution in [0.4, 0.5) is 0 Å². The first-order chi connectivity index (χ1) is 8.29. The second kappa shape index (κ2) is 3.73. The number of rotatable bonds is 3.